The van der Waals surface area contributed by atoms with Crippen LogP contribution in [-0.2, 0) is 5.60 Å². The molecule has 32 heavy (non-hydrogen) atoms. The van der Waals surface area contributed by atoms with Crippen molar-refractivity contribution in [2.45, 2.75) is 11.8 Å². The molecule has 1 N–H and O–H groups in total. The molecule has 160 valence electrons. The van der Waals surface area contributed by atoms with E-state index in [4.69, 9.17) is 11.6 Å². The van der Waals surface area contributed by atoms with E-state index in [9.17, 15) is 18.3 Å². The number of alkyl halides is 3. The predicted octanol–water partition coefficient (Wildman–Crippen LogP) is 6.63. The van der Waals surface area contributed by atoms with Gasteiger partial charge in [0.2, 0.25) is 5.60 Å². The molecule has 4 aromatic carbocycles. The monoisotopic (exact) mass is 452 g/mol. The summed E-state index contributed by atoms with van der Waals surface area (Å²) in [5.74, 6) is 0. The van der Waals surface area contributed by atoms with E-state index < -0.39 is 11.8 Å². The van der Waals surface area contributed by atoms with Crippen LogP contribution in [0.1, 0.15) is 11.1 Å². The maximum absolute atomic E-state index is 14.4. The number of hydrogen-bond donors (Lipinski definition) is 1. The zero-order valence-corrected chi connectivity index (χ0v) is 17.3. The molecular weight excluding hydrogens is 437 g/mol. The molecule has 5 aromatic rings. The summed E-state index contributed by atoms with van der Waals surface area (Å²) in [6, 6.07) is 22.4. The van der Waals surface area contributed by atoms with Crippen LogP contribution < -0.4 is 0 Å². The van der Waals surface area contributed by atoms with Crippen LogP contribution in [0, 0.1) is 0 Å². The van der Waals surface area contributed by atoms with Crippen LogP contribution >= 0.6 is 11.6 Å². The Balaban J connectivity index is 1.71. The van der Waals surface area contributed by atoms with Crippen molar-refractivity contribution >= 4 is 33.3 Å². The quantitative estimate of drug-likeness (QED) is 0.333. The highest BCUT2D eigenvalue weighted by Crippen LogP contribution is 2.47. The summed E-state index contributed by atoms with van der Waals surface area (Å²) in [5, 5.41) is 17.5. The molecule has 0 bridgehead atoms. The van der Waals surface area contributed by atoms with Gasteiger partial charge >= 0.3 is 6.18 Å². The lowest BCUT2D eigenvalue weighted by Crippen LogP contribution is -2.43. The third-order valence-electron chi connectivity index (χ3n) is 5.65. The normalized spacial score (nSPS) is 14.0. The van der Waals surface area contributed by atoms with Gasteiger partial charge in [0.05, 0.1) is 17.4 Å². The lowest BCUT2D eigenvalue weighted by atomic mass is 9.82. The van der Waals surface area contributed by atoms with Crippen LogP contribution in [0.3, 0.4) is 0 Å². The standard InChI is InChI=1S/C25H16ClF3N2O/c26-19-9-11-20(12-10-19)31-23-13-8-18(14-17(23)15-30-31)24(32,25(27,28)29)22-7-3-5-16-4-1-2-6-21(16)22/h1-15,32H. The summed E-state index contributed by atoms with van der Waals surface area (Å²) < 4.78 is 44.9. The Morgan fingerprint density at radius 1 is 0.812 bits per heavy atom. The molecule has 0 spiro atoms. The Morgan fingerprint density at radius 3 is 2.28 bits per heavy atom. The molecule has 0 radical (unpaired) electrons. The number of aliphatic hydroxyl groups is 1. The Hall–Kier alpha value is -3.35. The molecule has 0 aliphatic heterocycles. The van der Waals surface area contributed by atoms with Crippen molar-refractivity contribution in [3.63, 3.8) is 0 Å². The summed E-state index contributed by atoms with van der Waals surface area (Å²) in [6.07, 6.45) is -3.47. The molecule has 0 saturated carbocycles. The number of fused-ring (bicyclic) bond motifs is 2. The molecule has 0 fully saturated rings. The van der Waals surface area contributed by atoms with Gasteiger partial charge in [0.25, 0.3) is 0 Å². The van der Waals surface area contributed by atoms with Crippen molar-refractivity contribution in [3.05, 3.63) is 107 Å². The van der Waals surface area contributed by atoms with Crippen LogP contribution in [0.15, 0.2) is 91.1 Å². The second-order valence-electron chi connectivity index (χ2n) is 7.54. The molecule has 7 heteroatoms. The van der Waals surface area contributed by atoms with Gasteiger partial charge in [-0.25, -0.2) is 4.68 Å². The van der Waals surface area contributed by atoms with Crippen molar-refractivity contribution in [3.8, 4) is 5.69 Å². The summed E-state index contributed by atoms with van der Waals surface area (Å²) in [4.78, 5) is 0. The van der Waals surface area contributed by atoms with Gasteiger partial charge in [-0.2, -0.15) is 18.3 Å². The van der Waals surface area contributed by atoms with E-state index in [-0.39, 0.29) is 11.1 Å². The number of rotatable bonds is 3. The van der Waals surface area contributed by atoms with Crippen LogP contribution in [0.4, 0.5) is 13.2 Å². The van der Waals surface area contributed by atoms with E-state index in [1.54, 1.807) is 59.3 Å². The highest BCUT2D eigenvalue weighted by atomic mass is 35.5. The Labute approximate surface area is 186 Å². The average Bonchev–Trinajstić information content (AvgIpc) is 3.21. The number of aromatic nitrogens is 2. The van der Waals surface area contributed by atoms with E-state index in [2.05, 4.69) is 5.10 Å². The first-order chi connectivity index (χ1) is 15.3. The first kappa shape index (κ1) is 20.5. The van der Waals surface area contributed by atoms with Gasteiger partial charge in [-0.3, -0.25) is 0 Å². The van der Waals surface area contributed by atoms with E-state index in [0.29, 0.717) is 26.7 Å². The van der Waals surface area contributed by atoms with Gasteiger partial charge in [-0.15, -0.1) is 0 Å². The van der Waals surface area contributed by atoms with Crippen LogP contribution in [0.25, 0.3) is 27.4 Å². The van der Waals surface area contributed by atoms with E-state index in [1.165, 1.54) is 36.5 Å². The first-order valence-corrected chi connectivity index (χ1v) is 10.2. The minimum absolute atomic E-state index is 0.215. The summed E-state index contributed by atoms with van der Waals surface area (Å²) in [7, 11) is 0. The van der Waals surface area contributed by atoms with E-state index >= 15 is 0 Å². The van der Waals surface area contributed by atoms with Crippen LogP contribution in [0.5, 0.6) is 0 Å². The fourth-order valence-corrected chi connectivity index (χ4v) is 4.18. The maximum Gasteiger partial charge on any atom is 0.425 e. The fraction of sp³-hybridized carbons (Fsp3) is 0.0800. The number of nitrogens with zero attached hydrogens (tertiary/aromatic N) is 2. The van der Waals surface area contributed by atoms with Crippen LogP contribution in [0.2, 0.25) is 5.02 Å². The number of benzene rings is 4. The number of halogens is 4. The molecule has 5 rings (SSSR count). The Kier molecular flexibility index (Phi) is 4.73. The third kappa shape index (κ3) is 3.15. The third-order valence-corrected chi connectivity index (χ3v) is 5.90. The average molecular weight is 453 g/mol. The van der Waals surface area contributed by atoms with Crippen molar-refractivity contribution in [1.29, 1.82) is 0 Å². The SMILES string of the molecule is OC(c1ccc2c(cnn2-c2ccc(Cl)cc2)c1)(c1cccc2ccccc12)C(F)(F)F. The lowest BCUT2D eigenvalue weighted by Gasteiger charge is -2.32. The molecule has 1 aromatic heterocycles. The van der Waals surface area contributed by atoms with Crippen molar-refractivity contribution < 1.29 is 18.3 Å². The topological polar surface area (TPSA) is 38.1 Å². The highest BCUT2D eigenvalue weighted by molar-refractivity contribution is 6.30. The van der Waals surface area contributed by atoms with Gasteiger partial charge in [-0.1, -0.05) is 60.1 Å². The van der Waals surface area contributed by atoms with Crippen molar-refractivity contribution in [2.75, 3.05) is 0 Å². The second-order valence-corrected chi connectivity index (χ2v) is 7.98. The molecule has 3 nitrogen and oxygen atoms in total. The van der Waals surface area contributed by atoms with Gasteiger partial charge < -0.3 is 5.11 Å². The van der Waals surface area contributed by atoms with Gasteiger partial charge in [0.1, 0.15) is 0 Å². The Bertz CT molecular complexity index is 1440. The van der Waals surface area contributed by atoms with E-state index in [0.717, 1.165) is 5.69 Å². The van der Waals surface area contributed by atoms with Crippen molar-refractivity contribution in [2.24, 2.45) is 0 Å². The van der Waals surface area contributed by atoms with Gasteiger partial charge in [0.15, 0.2) is 0 Å². The molecule has 0 saturated heterocycles. The molecule has 0 aliphatic rings. The fourth-order valence-electron chi connectivity index (χ4n) is 4.06. The van der Waals surface area contributed by atoms with Crippen molar-refractivity contribution in [1.82, 2.24) is 9.78 Å². The largest absolute Gasteiger partial charge is 0.425 e. The molecule has 0 amide bonds. The molecule has 1 atom stereocenters. The zero-order valence-electron chi connectivity index (χ0n) is 16.5. The Morgan fingerprint density at radius 2 is 1.53 bits per heavy atom. The number of hydrogen-bond acceptors (Lipinski definition) is 2. The van der Waals surface area contributed by atoms with Gasteiger partial charge in [0, 0.05) is 16.0 Å². The zero-order chi connectivity index (χ0) is 22.5. The summed E-state index contributed by atoms with van der Waals surface area (Å²) in [5.41, 5.74) is -2.35. The first-order valence-electron chi connectivity index (χ1n) is 9.80. The van der Waals surface area contributed by atoms with Gasteiger partial charge in [-0.05, 0) is 52.7 Å². The highest BCUT2D eigenvalue weighted by Gasteiger charge is 2.57. The molecule has 1 heterocycles. The summed E-state index contributed by atoms with van der Waals surface area (Å²) >= 11 is 5.94. The minimum Gasteiger partial charge on any atom is -0.372 e. The lowest BCUT2D eigenvalue weighted by molar-refractivity contribution is -0.247. The predicted molar refractivity (Wildman–Crippen MR) is 119 cm³/mol. The van der Waals surface area contributed by atoms with Crippen LogP contribution in [-0.4, -0.2) is 21.1 Å². The minimum atomic E-state index is -4.95. The summed E-state index contributed by atoms with van der Waals surface area (Å²) in [6.45, 7) is 0. The van der Waals surface area contributed by atoms with E-state index in [1.807, 2.05) is 0 Å². The smallest absolute Gasteiger partial charge is 0.372 e. The maximum atomic E-state index is 14.4. The second kappa shape index (κ2) is 7.36. The molecule has 1 unspecified atom stereocenters. The molecular formula is C25H16ClF3N2O. The molecule has 0 aliphatic carbocycles.